The van der Waals surface area contributed by atoms with Crippen molar-refractivity contribution in [3.63, 3.8) is 0 Å². The van der Waals surface area contributed by atoms with E-state index in [1.54, 1.807) is 40.0 Å². The van der Waals surface area contributed by atoms with E-state index in [-0.39, 0.29) is 35.9 Å². The number of hydrogen-bond donors (Lipinski definition) is 1. The molecule has 1 aliphatic heterocycles. The highest BCUT2D eigenvalue weighted by Crippen LogP contribution is 2.44. The van der Waals surface area contributed by atoms with Crippen LogP contribution < -0.4 is 5.32 Å². The number of benzene rings is 1. The van der Waals surface area contributed by atoms with Gasteiger partial charge in [-0.05, 0) is 41.8 Å². The molecule has 1 fully saturated rings. The fourth-order valence-electron chi connectivity index (χ4n) is 4.81. The fourth-order valence-corrected chi connectivity index (χ4v) is 6.81. The molecule has 11 heteroatoms. The maximum absolute atomic E-state index is 14.3. The Bertz CT molecular complexity index is 1370. The average molecular weight is 573 g/mol. The molecule has 3 heterocycles. The van der Waals surface area contributed by atoms with E-state index in [0.717, 1.165) is 15.3 Å². The number of carbonyl (C=O) groups is 2. The van der Waals surface area contributed by atoms with Crippen LogP contribution >= 0.6 is 34.3 Å². The summed E-state index contributed by atoms with van der Waals surface area (Å²) in [6.45, 7) is 3.99. The van der Waals surface area contributed by atoms with Crippen LogP contribution in [-0.2, 0) is 9.53 Å². The Morgan fingerprint density at radius 3 is 2.76 bits per heavy atom. The number of allylic oxidation sites excluding steroid dienone is 4. The summed E-state index contributed by atoms with van der Waals surface area (Å²) < 4.78 is 19.6. The van der Waals surface area contributed by atoms with Gasteiger partial charge in [-0.15, -0.1) is 21.5 Å². The number of nitrogens with zero attached hydrogens (tertiary/aromatic N) is 3. The number of morpholine rings is 1. The Kier molecular flexibility index (Phi) is 8.32. The van der Waals surface area contributed by atoms with Crippen molar-refractivity contribution < 1.29 is 18.7 Å². The van der Waals surface area contributed by atoms with Crippen LogP contribution in [0.4, 0.5) is 9.52 Å². The molecule has 2 amide bonds. The number of halogens is 2. The predicted molar refractivity (Wildman–Crippen MR) is 148 cm³/mol. The van der Waals surface area contributed by atoms with E-state index >= 15 is 0 Å². The van der Waals surface area contributed by atoms with E-state index in [2.05, 4.69) is 15.5 Å². The van der Waals surface area contributed by atoms with E-state index < -0.39 is 5.92 Å². The number of ether oxygens (including phenoxy) is 1. The largest absolute Gasteiger partial charge is 0.378 e. The van der Waals surface area contributed by atoms with Gasteiger partial charge in [0.2, 0.25) is 11.0 Å². The van der Waals surface area contributed by atoms with E-state index in [0.29, 0.717) is 42.0 Å². The van der Waals surface area contributed by atoms with Gasteiger partial charge in [0.15, 0.2) is 0 Å². The summed E-state index contributed by atoms with van der Waals surface area (Å²) in [5.74, 6) is -1.40. The molecule has 2 aromatic heterocycles. The van der Waals surface area contributed by atoms with Crippen LogP contribution in [0.25, 0.3) is 10.4 Å². The Hall–Kier alpha value is -2.92. The molecule has 5 rings (SSSR count). The van der Waals surface area contributed by atoms with Crippen LogP contribution in [0.5, 0.6) is 0 Å². The summed E-state index contributed by atoms with van der Waals surface area (Å²) in [7, 11) is 0. The molecule has 0 radical (unpaired) electrons. The maximum atomic E-state index is 14.3. The van der Waals surface area contributed by atoms with Gasteiger partial charge in [-0.2, -0.15) is 0 Å². The summed E-state index contributed by atoms with van der Waals surface area (Å²) in [6, 6.07) is 9.42. The minimum absolute atomic E-state index is 0.105. The van der Waals surface area contributed by atoms with Gasteiger partial charge in [-0.25, -0.2) is 4.39 Å². The molecule has 1 aromatic carbocycles. The number of nitrogens with one attached hydrogen (secondary N) is 1. The number of rotatable bonds is 7. The normalized spacial score (nSPS) is 19.1. The van der Waals surface area contributed by atoms with Crippen molar-refractivity contribution in [3.05, 3.63) is 75.4 Å². The molecular weight excluding hydrogens is 547 g/mol. The van der Waals surface area contributed by atoms with Gasteiger partial charge < -0.3 is 15.0 Å². The first-order valence-electron chi connectivity index (χ1n) is 12.3. The second-order valence-electron chi connectivity index (χ2n) is 9.22. The number of amides is 2. The fraction of sp³-hybridized carbons (Fsp3) is 0.333. The number of hydrogen-bond acceptors (Lipinski definition) is 7. The Labute approximate surface area is 233 Å². The minimum atomic E-state index is -0.456. The van der Waals surface area contributed by atoms with Crippen molar-refractivity contribution in [1.82, 2.24) is 15.1 Å². The number of carbonyl (C=O) groups excluding carboxylic acids is 2. The molecular formula is C27H26ClFN4O3S2. The molecule has 0 bridgehead atoms. The lowest BCUT2D eigenvalue weighted by Gasteiger charge is -2.29. The Morgan fingerprint density at radius 2 is 2.05 bits per heavy atom. The molecule has 2 aliphatic rings. The molecule has 198 valence electrons. The number of thiophene rings is 1. The zero-order valence-electron chi connectivity index (χ0n) is 20.6. The summed E-state index contributed by atoms with van der Waals surface area (Å²) >= 11 is 9.35. The van der Waals surface area contributed by atoms with E-state index in [9.17, 15) is 14.0 Å². The van der Waals surface area contributed by atoms with Crippen LogP contribution in [0, 0.1) is 11.8 Å². The molecule has 3 atom stereocenters. The highest BCUT2D eigenvalue weighted by molar-refractivity contribution is 7.15. The third-order valence-electron chi connectivity index (χ3n) is 6.81. The van der Waals surface area contributed by atoms with Crippen LogP contribution in [0.15, 0.2) is 59.9 Å². The molecule has 1 saturated heterocycles. The first kappa shape index (κ1) is 26.7. The van der Waals surface area contributed by atoms with Gasteiger partial charge in [-0.3, -0.25) is 9.59 Å². The molecule has 1 aliphatic carbocycles. The van der Waals surface area contributed by atoms with Gasteiger partial charge >= 0.3 is 0 Å². The Balaban J connectivity index is 1.40. The number of aromatic nitrogens is 2. The maximum Gasteiger partial charge on any atom is 0.255 e. The third kappa shape index (κ3) is 5.88. The van der Waals surface area contributed by atoms with Crippen molar-refractivity contribution in [1.29, 1.82) is 0 Å². The lowest BCUT2D eigenvalue weighted by atomic mass is 9.77. The highest BCUT2D eigenvalue weighted by atomic mass is 35.5. The van der Waals surface area contributed by atoms with Crippen LogP contribution in [0.3, 0.4) is 0 Å². The first-order chi connectivity index (χ1) is 18.4. The van der Waals surface area contributed by atoms with Crippen molar-refractivity contribution in [3.8, 4) is 10.4 Å². The minimum Gasteiger partial charge on any atom is -0.378 e. The smallest absolute Gasteiger partial charge is 0.255 e. The van der Waals surface area contributed by atoms with Crippen molar-refractivity contribution in [2.75, 3.05) is 31.6 Å². The zero-order chi connectivity index (χ0) is 26.6. The zero-order valence-corrected chi connectivity index (χ0v) is 23.0. The van der Waals surface area contributed by atoms with Gasteiger partial charge in [-0.1, -0.05) is 48.1 Å². The lowest BCUT2D eigenvalue weighted by Crippen LogP contribution is -2.40. The van der Waals surface area contributed by atoms with Gasteiger partial charge in [0.1, 0.15) is 11.3 Å². The second kappa shape index (κ2) is 11.9. The first-order valence-corrected chi connectivity index (χ1v) is 14.3. The highest BCUT2D eigenvalue weighted by Gasteiger charge is 2.34. The van der Waals surface area contributed by atoms with Crippen molar-refractivity contribution in [2.24, 2.45) is 11.8 Å². The van der Waals surface area contributed by atoms with Crippen LogP contribution in [0.1, 0.15) is 34.5 Å². The molecule has 0 spiro atoms. The predicted octanol–water partition coefficient (Wildman–Crippen LogP) is 6.18. The summed E-state index contributed by atoms with van der Waals surface area (Å²) in [4.78, 5) is 29.7. The quantitative estimate of drug-likeness (QED) is 0.365. The average Bonchev–Trinajstić information content (AvgIpc) is 3.62. The van der Waals surface area contributed by atoms with Crippen LogP contribution in [-0.4, -0.2) is 53.2 Å². The molecule has 3 aromatic rings. The second-order valence-corrected chi connectivity index (χ2v) is 11.6. The molecule has 1 N–H and O–H groups in total. The molecule has 0 saturated carbocycles. The molecule has 1 unspecified atom stereocenters. The van der Waals surface area contributed by atoms with Crippen molar-refractivity contribution >= 4 is 51.2 Å². The lowest BCUT2D eigenvalue weighted by molar-refractivity contribution is -0.120. The van der Waals surface area contributed by atoms with Crippen molar-refractivity contribution in [2.45, 2.75) is 19.3 Å². The SMILES string of the molecule is C[C@@H](C(=O)Nc1nncs1)[C@@H](c1ccc(-c2ccc(C(=O)N3CCOCC3)c(Cl)c2)s1)C1C=CC=C(F)C1. The number of anilines is 1. The monoisotopic (exact) mass is 572 g/mol. The van der Waals surface area contributed by atoms with E-state index in [1.165, 1.54) is 17.4 Å². The standard InChI is InChI=1S/C27H26ClFN4O3S2/c1-16(25(34)31-27-32-30-15-37-27)24(18-3-2-4-19(29)13-18)23-8-7-22(38-23)17-5-6-20(21(28)14-17)26(35)33-9-11-36-12-10-33/h2-8,14-16,18,24H,9-13H2,1H3,(H,31,32,34)/t16-,18?,24-/m1/s1. The van der Waals surface area contributed by atoms with E-state index in [4.69, 9.17) is 16.3 Å². The topological polar surface area (TPSA) is 84.4 Å². The summed E-state index contributed by atoms with van der Waals surface area (Å²) in [5, 5.41) is 11.3. The summed E-state index contributed by atoms with van der Waals surface area (Å²) in [5.41, 5.74) is 2.89. The Morgan fingerprint density at radius 1 is 1.24 bits per heavy atom. The van der Waals surface area contributed by atoms with Gasteiger partial charge in [0.05, 0.1) is 23.8 Å². The van der Waals surface area contributed by atoms with E-state index in [1.807, 2.05) is 31.2 Å². The summed E-state index contributed by atoms with van der Waals surface area (Å²) in [6.07, 6.45) is 5.37. The third-order valence-corrected chi connectivity index (χ3v) is 8.96. The molecule has 38 heavy (non-hydrogen) atoms. The van der Waals surface area contributed by atoms with Gasteiger partial charge in [0.25, 0.3) is 5.91 Å². The van der Waals surface area contributed by atoms with Crippen LogP contribution in [0.2, 0.25) is 5.02 Å². The van der Waals surface area contributed by atoms with Gasteiger partial charge in [0, 0.05) is 41.1 Å². The molecule has 7 nitrogen and oxygen atoms in total.